The van der Waals surface area contributed by atoms with Crippen LogP contribution in [0.5, 0.6) is 0 Å². The van der Waals surface area contributed by atoms with Crippen LogP contribution in [-0.2, 0) is 16.1 Å². The molecular formula is C27H24BrFN8O3. The molecule has 1 saturated carbocycles. The topological polar surface area (TPSA) is 136 Å². The molecule has 1 N–H and O–H groups in total. The van der Waals surface area contributed by atoms with Crippen molar-refractivity contribution >= 4 is 50.2 Å². The minimum Gasteiger partial charge on any atom is -0.323 e. The van der Waals surface area contributed by atoms with E-state index in [1.807, 2.05) is 0 Å². The van der Waals surface area contributed by atoms with E-state index in [9.17, 15) is 14.4 Å². The standard InChI is InChI=1S/C27H24BrFN8O3/c1-13-4-5-22(28)33-25(13)34-26(40)19-7-27(29)8-21(27)37(19)23(39)12-36-20-11-32-18(16-9-30-15(3)31-10-16)6-17(20)24(35-36)14(2)38/h4-6,9-11,19,21H,7-8,12H2,1-3H3,(H,33,34,40)/t19-,21+,27+/m0/s1. The zero-order chi connectivity index (χ0) is 28.3. The van der Waals surface area contributed by atoms with E-state index in [1.165, 1.54) is 22.7 Å². The van der Waals surface area contributed by atoms with Crippen LogP contribution in [0.2, 0.25) is 0 Å². The molecule has 6 rings (SSSR count). The van der Waals surface area contributed by atoms with E-state index >= 15 is 4.39 Å². The number of rotatable bonds is 6. The fourth-order valence-corrected chi connectivity index (χ4v) is 5.52. The van der Waals surface area contributed by atoms with E-state index in [0.29, 0.717) is 38.4 Å². The molecule has 2 fully saturated rings. The van der Waals surface area contributed by atoms with Crippen molar-refractivity contribution in [3.63, 3.8) is 0 Å². The van der Waals surface area contributed by atoms with Crippen molar-refractivity contribution in [3.8, 4) is 11.3 Å². The van der Waals surface area contributed by atoms with Gasteiger partial charge in [0.1, 0.15) is 40.2 Å². The number of piperidine rings is 1. The van der Waals surface area contributed by atoms with Crippen LogP contribution in [0.3, 0.4) is 0 Å². The molecule has 1 aliphatic heterocycles. The van der Waals surface area contributed by atoms with Crippen molar-refractivity contribution in [2.24, 2.45) is 0 Å². The Balaban J connectivity index is 1.29. The molecule has 0 spiro atoms. The number of alkyl halides is 1. The van der Waals surface area contributed by atoms with Gasteiger partial charge < -0.3 is 10.2 Å². The summed E-state index contributed by atoms with van der Waals surface area (Å²) in [4.78, 5) is 57.7. The molecule has 13 heteroatoms. The Kier molecular flexibility index (Phi) is 6.21. The number of aryl methyl sites for hydroxylation is 2. The Labute approximate surface area is 236 Å². The molecular weight excluding hydrogens is 583 g/mol. The highest BCUT2D eigenvalue weighted by molar-refractivity contribution is 9.10. The second kappa shape index (κ2) is 9.51. The number of nitrogens with one attached hydrogen (secondary N) is 1. The highest BCUT2D eigenvalue weighted by Crippen LogP contribution is 2.55. The molecule has 0 unspecified atom stereocenters. The molecule has 4 aromatic heterocycles. The lowest BCUT2D eigenvalue weighted by Crippen LogP contribution is -2.47. The van der Waals surface area contributed by atoms with E-state index in [-0.39, 0.29) is 30.9 Å². The Morgan fingerprint density at radius 3 is 2.60 bits per heavy atom. The number of halogens is 2. The third-order valence-corrected chi connectivity index (χ3v) is 7.84. The van der Waals surface area contributed by atoms with Crippen molar-refractivity contribution in [3.05, 3.63) is 58.5 Å². The number of carbonyl (C=O) groups is 3. The van der Waals surface area contributed by atoms with Crippen molar-refractivity contribution in [2.45, 2.75) is 57.9 Å². The van der Waals surface area contributed by atoms with E-state index in [4.69, 9.17) is 0 Å². The first-order valence-corrected chi connectivity index (χ1v) is 13.4. The molecule has 4 aromatic rings. The molecule has 40 heavy (non-hydrogen) atoms. The SMILES string of the molecule is CC(=O)c1nn(CC(=O)N2[C@H](C(=O)Nc3nc(Br)ccc3C)C[C@@]3(F)C[C@@H]23)c2cnc(-c3cnc(C)nc3)cc12. The number of anilines is 1. The summed E-state index contributed by atoms with van der Waals surface area (Å²) in [5.41, 5.74) is 0.996. The van der Waals surface area contributed by atoms with Gasteiger partial charge in [0.2, 0.25) is 11.8 Å². The first-order chi connectivity index (χ1) is 19.0. The summed E-state index contributed by atoms with van der Waals surface area (Å²) < 4.78 is 17.2. The number of carbonyl (C=O) groups excluding carboxylic acids is 3. The normalized spacial score (nSPS) is 21.4. The van der Waals surface area contributed by atoms with Crippen LogP contribution in [0, 0.1) is 13.8 Å². The number of ketones is 1. The molecule has 5 heterocycles. The number of nitrogens with zero attached hydrogens (tertiary/aromatic N) is 7. The number of pyridine rings is 2. The fraction of sp³-hybridized carbons (Fsp3) is 0.333. The summed E-state index contributed by atoms with van der Waals surface area (Å²) in [6.45, 7) is 4.67. The quantitative estimate of drug-likeness (QED) is 0.260. The monoisotopic (exact) mass is 606 g/mol. The second-order valence-corrected chi connectivity index (χ2v) is 11.0. The zero-order valence-corrected chi connectivity index (χ0v) is 23.4. The van der Waals surface area contributed by atoms with Gasteiger partial charge >= 0.3 is 0 Å². The Morgan fingerprint density at radius 2 is 1.88 bits per heavy atom. The Hall–Kier alpha value is -4.13. The van der Waals surface area contributed by atoms with Crippen molar-refractivity contribution in [1.82, 2.24) is 34.6 Å². The van der Waals surface area contributed by atoms with Crippen LogP contribution >= 0.6 is 15.9 Å². The van der Waals surface area contributed by atoms with Crippen LogP contribution in [0.1, 0.15) is 41.6 Å². The number of Topliss-reactive ketones (excluding diaryl/α,β-unsaturated/α-hetero) is 1. The Bertz CT molecular complexity index is 1710. The van der Waals surface area contributed by atoms with Crippen LogP contribution in [-0.4, -0.2) is 70.0 Å². The third kappa shape index (κ3) is 4.53. The maximum Gasteiger partial charge on any atom is 0.248 e. The van der Waals surface area contributed by atoms with E-state index in [0.717, 1.165) is 5.56 Å². The smallest absolute Gasteiger partial charge is 0.248 e. The third-order valence-electron chi connectivity index (χ3n) is 7.40. The van der Waals surface area contributed by atoms with Gasteiger partial charge in [-0.25, -0.2) is 19.3 Å². The number of likely N-dealkylation sites (tertiary alicyclic amines) is 1. The van der Waals surface area contributed by atoms with Crippen LogP contribution in [0.4, 0.5) is 10.2 Å². The van der Waals surface area contributed by atoms with Gasteiger partial charge in [-0.05, 0) is 47.5 Å². The van der Waals surface area contributed by atoms with Gasteiger partial charge in [0.05, 0.1) is 23.4 Å². The van der Waals surface area contributed by atoms with Gasteiger partial charge in [-0.15, -0.1) is 0 Å². The molecule has 11 nitrogen and oxygen atoms in total. The average Bonchev–Trinajstić information content (AvgIpc) is 3.28. The summed E-state index contributed by atoms with van der Waals surface area (Å²) in [6.07, 6.45) is 4.90. The highest BCUT2D eigenvalue weighted by Gasteiger charge is 2.68. The molecule has 0 bridgehead atoms. The number of hydrogen-bond acceptors (Lipinski definition) is 8. The predicted octanol–water partition coefficient (Wildman–Crippen LogP) is 3.59. The Morgan fingerprint density at radius 1 is 1.12 bits per heavy atom. The maximum absolute atomic E-state index is 15.2. The number of hydrogen-bond donors (Lipinski definition) is 1. The molecule has 1 saturated heterocycles. The highest BCUT2D eigenvalue weighted by atomic mass is 79.9. The largest absolute Gasteiger partial charge is 0.323 e. The maximum atomic E-state index is 15.2. The number of amides is 2. The first kappa shape index (κ1) is 26.1. The van der Waals surface area contributed by atoms with E-state index < -0.39 is 29.6 Å². The van der Waals surface area contributed by atoms with Crippen molar-refractivity contribution < 1.29 is 18.8 Å². The van der Waals surface area contributed by atoms with Gasteiger partial charge in [0.25, 0.3) is 0 Å². The van der Waals surface area contributed by atoms with Gasteiger partial charge in [0.15, 0.2) is 5.78 Å². The molecule has 2 amide bonds. The van der Waals surface area contributed by atoms with Crippen LogP contribution in [0.25, 0.3) is 22.2 Å². The molecule has 0 aromatic carbocycles. The zero-order valence-electron chi connectivity index (χ0n) is 21.9. The number of aromatic nitrogens is 6. The minimum absolute atomic E-state index is 0.0929. The molecule has 3 atom stereocenters. The predicted molar refractivity (Wildman–Crippen MR) is 146 cm³/mol. The van der Waals surface area contributed by atoms with E-state index in [1.54, 1.807) is 44.4 Å². The first-order valence-electron chi connectivity index (χ1n) is 12.6. The summed E-state index contributed by atoms with van der Waals surface area (Å²) in [5, 5.41) is 7.67. The molecule has 2 aliphatic rings. The van der Waals surface area contributed by atoms with E-state index in [2.05, 4.69) is 46.3 Å². The van der Waals surface area contributed by atoms with Crippen molar-refractivity contribution in [1.29, 1.82) is 0 Å². The second-order valence-electron chi connectivity index (χ2n) is 10.2. The fourth-order valence-electron chi connectivity index (χ4n) is 5.21. The molecule has 204 valence electrons. The summed E-state index contributed by atoms with van der Waals surface area (Å²) >= 11 is 3.29. The van der Waals surface area contributed by atoms with Crippen LogP contribution < -0.4 is 5.32 Å². The lowest BCUT2D eigenvalue weighted by atomic mass is 10.1. The summed E-state index contributed by atoms with van der Waals surface area (Å²) in [7, 11) is 0. The summed E-state index contributed by atoms with van der Waals surface area (Å²) in [5.74, 6) is -0.311. The van der Waals surface area contributed by atoms with Crippen LogP contribution in [0.15, 0.2) is 41.4 Å². The number of fused-ring (bicyclic) bond motifs is 2. The van der Waals surface area contributed by atoms with Gasteiger partial charge in [-0.2, -0.15) is 5.10 Å². The molecule has 1 aliphatic carbocycles. The van der Waals surface area contributed by atoms with Gasteiger partial charge in [0, 0.05) is 43.1 Å². The lowest BCUT2D eigenvalue weighted by Gasteiger charge is -2.26. The summed E-state index contributed by atoms with van der Waals surface area (Å²) in [6, 6.07) is 3.56. The lowest BCUT2D eigenvalue weighted by molar-refractivity contribution is -0.138. The molecule has 0 radical (unpaired) electrons. The van der Waals surface area contributed by atoms with Gasteiger partial charge in [-0.1, -0.05) is 6.07 Å². The minimum atomic E-state index is -1.60. The average molecular weight is 607 g/mol. The van der Waals surface area contributed by atoms with Crippen molar-refractivity contribution in [2.75, 3.05) is 5.32 Å². The van der Waals surface area contributed by atoms with Gasteiger partial charge in [-0.3, -0.25) is 24.0 Å².